The van der Waals surface area contributed by atoms with E-state index in [1.807, 2.05) is 41.2 Å². The highest BCUT2D eigenvalue weighted by Gasteiger charge is 2.22. The lowest BCUT2D eigenvalue weighted by molar-refractivity contribution is 0.911. The van der Waals surface area contributed by atoms with Crippen molar-refractivity contribution in [1.29, 1.82) is 0 Å². The van der Waals surface area contributed by atoms with Crippen LogP contribution in [-0.2, 0) is 0 Å². The lowest BCUT2D eigenvalue weighted by Crippen LogP contribution is -2.03. The zero-order valence-electron chi connectivity index (χ0n) is 30.7. The predicted molar refractivity (Wildman–Crippen MR) is 234 cm³/mol. The van der Waals surface area contributed by atoms with Crippen LogP contribution in [0.25, 0.3) is 105 Å². The number of fused-ring (bicyclic) bond motifs is 9. The molecule has 57 heavy (non-hydrogen) atoms. The van der Waals surface area contributed by atoms with Gasteiger partial charge in [0.2, 0.25) is 5.95 Å². The van der Waals surface area contributed by atoms with Crippen molar-refractivity contribution < 1.29 is 0 Å². The molecule has 0 amide bonds. The second-order valence-electron chi connectivity index (χ2n) is 14.5. The molecule has 12 aromatic rings. The van der Waals surface area contributed by atoms with Gasteiger partial charge in [-0.2, -0.15) is 5.10 Å². The molecular weight excluding hydrogens is 697 g/mol. The fourth-order valence-electron chi connectivity index (χ4n) is 8.76. The molecule has 0 N–H and O–H groups in total. The average molecular weight is 729 g/mol. The van der Waals surface area contributed by atoms with Crippen molar-refractivity contribution >= 4 is 65.4 Å². The molecule has 0 aliphatic heterocycles. The maximum atomic E-state index is 5.38. The van der Waals surface area contributed by atoms with E-state index in [0.717, 1.165) is 77.4 Å². The second-order valence-corrected chi connectivity index (χ2v) is 14.5. The molecular formula is C51H32N6. The third-order valence-corrected chi connectivity index (χ3v) is 11.3. The van der Waals surface area contributed by atoms with Crippen molar-refractivity contribution in [1.82, 2.24) is 28.9 Å². The summed E-state index contributed by atoms with van der Waals surface area (Å²) in [6.07, 6.45) is 1.98. The lowest BCUT2D eigenvalue weighted by atomic mass is 10.0. The molecule has 0 bridgehead atoms. The van der Waals surface area contributed by atoms with E-state index in [9.17, 15) is 0 Å². The van der Waals surface area contributed by atoms with Gasteiger partial charge in [0.15, 0.2) is 0 Å². The summed E-state index contributed by atoms with van der Waals surface area (Å²) < 4.78 is 6.63. The molecule has 0 saturated heterocycles. The Labute approximate surface area is 327 Å². The molecule has 0 aliphatic carbocycles. The van der Waals surface area contributed by atoms with Crippen LogP contribution in [0.15, 0.2) is 194 Å². The van der Waals surface area contributed by atoms with E-state index < -0.39 is 0 Å². The van der Waals surface area contributed by atoms with E-state index in [1.54, 1.807) is 0 Å². The summed E-state index contributed by atoms with van der Waals surface area (Å²) in [7, 11) is 0. The Morgan fingerprint density at radius 2 is 0.965 bits per heavy atom. The number of rotatable bonds is 5. The number of hydrogen-bond donors (Lipinski definition) is 0. The SMILES string of the molecule is c1ccc(-c2nc(-n3c4ccc(-c5ccc6c7ccccc7n(-c7ccccc7)c6c5)cc4c4ccc5c(cnn5-c5ccccc5)c43)nc3ccccc23)cc1. The molecule has 0 saturated carbocycles. The van der Waals surface area contributed by atoms with Gasteiger partial charge in [0.05, 0.1) is 50.7 Å². The summed E-state index contributed by atoms with van der Waals surface area (Å²) in [5, 5.41) is 11.7. The van der Waals surface area contributed by atoms with Crippen LogP contribution in [0.2, 0.25) is 0 Å². The number of benzene rings is 8. The summed E-state index contributed by atoms with van der Waals surface area (Å²) in [6, 6.07) is 66.4. The maximum Gasteiger partial charge on any atom is 0.235 e. The topological polar surface area (TPSA) is 53.5 Å². The van der Waals surface area contributed by atoms with E-state index in [0.29, 0.717) is 5.95 Å². The molecule has 4 aromatic heterocycles. The van der Waals surface area contributed by atoms with E-state index in [1.165, 1.54) is 21.8 Å². The predicted octanol–water partition coefficient (Wildman–Crippen LogP) is 12.5. The van der Waals surface area contributed by atoms with Gasteiger partial charge in [-0.05, 0) is 77.9 Å². The van der Waals surface area contributed by atoms with Gasteiger partial charge in [-0.1, -0.05) is 121 Å². The summed E-state index contributed by atoms with van der Waals surface area (Å²) in [4.78, 5) is 10.7. The van der Waals surface area contributed by atoms with Crippen molar-refractivity contribution in [3.8, 4) is 39.7 Å². The standard InChI is InChI=1S/C51H32N6/c1-4-14-33(15-5-1)49-41-21-10-12-22-44(41)53-51(54-49)56-46-28-25-34(30-42(46)40-27-29-47-43(50(40)56)32-52-57(47)37-18-8-3-9-19-37)35-24-26-39-38-20-11-13-23-45(38)55(48(39)31-35)36-16-6-2-7-17-36/h1-32H. The first-order chi connectivity index (χ1) is 28.3. The normalized spacial score (nSPS) is 11.9. The molecule has 0 radical (unpaired) electrons. The highest BCUT2D eigenvalue weighted by molar-refractivity contribution is 6.19. The van der Waals surface area contributed by atoms with Crippen LogP contribution in [0.4, 0.5) is 0 Å². The average Bonchev–Trinajstić information content (AvgIpc) is 3.97. The molecule has 0 unspecified atom stereocenters. The zero-order valence-corrected chi connectivity index (χ0v) is 30.7. The fraction of sp³-hybridized carbons (Fsp3) is 0. The first kappa shape index (κ1) is 31.5. The molecule has 0 fully saturated rings. The fourth-order valence-corrected chi connectivity index (χ4v) is 8.76. The van der Waals surface area contributed by atoms with Crippen molar-refractivity contribution in [3.05, 3.63) is 194 Å². The van der Waals surface area contributed by atoms with Crippen LogP contribution in [0.3, 0.4) is 0 Å². The van der Waals surface area contributed by atoms with Crippen LogP contribution < -0.4 is 0 Å². The van der Waals surface area contributed by atoms with Crippen LogP contribution in [0.1, 0.15) is 0 Å². The number of aromatic nitrogens is 6. The number of hydrogen-bond acceptors (Lipinski definition) is 3. The minimum atomic E-state index is 0.620. The first-order valence-electron chi connectivity index (χ1n) is 19.2. The third kappa shape index (κ3) is 4.81. The van der Waals surface area contributed by atoms with Gasteiger partial charge in [0.1, 0.15) is 0 Å². The largest absolute Gasteiger partial charge is 0.309 e. The highest BCUT2D eigenvalue weighted by Crippen LogP contribution is 2.41. The van der Waals surface area contributed by atoms with Gasteiger partial charge in [0, 0.05) is 43.6 Å². The van der Waals surface area contributed by atoms with Gasteiger partial charge < -0.3 is 4.57 Å². The number of nitrogens with zero attached hydrogens (tertiary/aromatic N) is 6. The van der Waals surface area contributed by atoms with E-state index in [-0.39, 0.29) is 0 Å². The minimum Gasteiger partial charge on any atom is -0.309 e. The molecule has 266 valence electrons. The Morgan fingerprint density at radius 3 is 1.79 bits per heavy atom. The van der Waals surface area contributed by atoms with Crippen LogP contribution in [-0.4, -0.2) is 28.9 Å². The maximum absolute atomic E-state index is 5.38. The Bertz CT molecular complexity index is 3510. The van der Waals surface area contributed by atoms with Crippen molar-refractivity contribution in [2.24, 2.45) is 0 Å². The summed E-state index contributed by atoms with van der Waals surface area (Å²) in [5.74, 6) is 0.620. The molecule has 0 spiro atoms. The third-order valence-electron chi connectivity index (χ3n) is 11.3. The molecule has 4 heterocycles. The molecule has 0 atom stereocenters. The quantitative estimate of drug-likeness (QED) is 0.177. The second kappa shape index (κ2) is 12.3. The lowest BCUT2D eigenvalue weighted by Gasteiger charge is -2.12. The molecule has 12 rings (SSSR count). The van der Waals surface area contributed by atoms with E-state index >= 15 is 0 Å². The van der Waals surface area contributed by atoms with Crippen LogP contribution >= 0.6 is 0 Å². The molecule has 6 heteroatoms. The Balaban J connectivity index is 1.14. The highest BCUT2D eigenvalue weighted by atomic mass is 15.3. The smallest absolute Gasteiger partial charge is 0.235 e. The monoisotopic (exact) mass is 728 g/mol. The van der Waals surface area contributed by atoms with Crippen molar-refractivity contribution in [3.63, 3.8) is 0 Å². The van der Waals surface area contributed by atoms with Crippen molar-refractivity contribution in [2.45, 2.75) is 0 Å². The summed E-state index contributed by atoms with van der Waals surface area (Å²) in [5.41, 5.74) is 12.7. The summed E-state index contributed by atoms with van der Waals surface area (Å²) >= 11 is 0. The Kier molecular flexibility index (Phi) is 6.83. The van der Waals surface area contributed by atoms with Gasteiger partial charge in [-0.3, -0.25) is 4.57 Å². The number of para-hydroxylation sites is 4. The molecule has 0 aliphatic rings. The van der Waals surface area contributed by atoms with E-state index in [4.69, 9.17) is 15.1 Å². The Morgan fingerprint density at radius 1 is 0.351 bits per heavy atom. The van der Waals surface area contributed by atoms with Gasteiger partial charge in [-0.15, -0.1) is 0 Å². The molecule has 6 nitrogen and oxygen atoms in total. The first-order valence-corrected chi connectivity index (χ1v) is 19.2. The van der Waals surface area contributed by atoms with Gasteiger partial charge in [0.25, 0.3) is 0 Å². The van der Waals surface area contributed by atoms with Gasteiger partial charge in [-0.25, -0.2) is 14.6 Å². The van der Waals surface area contributed by atoms with Gasteiger partial charge >= 0.3 is 0 Å². The zero-order chi connectivity index (χ0) is 37.5. The molecule has 8 aromatic carbocycles. The van der Waals surface area contributed by atoms with E-state index in [2.05, 4.69) is 167 Å². The summed E-state index contributed by atoms with van der Waals surface area (Å²) in [6.45, 7) is 0. The van der Waals surface area contributed by atoms with Crippen molar-refractivity contribution in [2.75, 3.05) is 0 Å². The van der Waals surface area contributed by atoms with Crippen LogP contribution in [0, 0.1) is 0 Å². The van der Waals surface area contributed by atoms with Crippen LogP contribution in [0.5, 0.6) is 0 Å². The minimum absolute atomic E-state index is 0.620. The Hall–Kier alpha value is -7.83.